The number of carbonyl (C=O) groups is 1. The van der Waals surface area contributed by atoms with Crippen molar-refractivity contribution in [1.29, 1.82) is 0 Å². The van der Waals surface area contributed by atoms with E-state index in [1.54, 1.807) is 18.2 Å². The molecule has 0 fully saturated rings. The summed E-state index contributed by atoms with van der Waals surface area (Å²) in [5, 5.41) is 2.58. The number of carbonyl (C=O) groups excluding carboxylic acids is 1. The number of para-hydroxylation sites is 1. The maximum Gasteiger partial charge on any atom is 0.288 e. The van der Waals surface area contributed by atoms with E-state index in [0.29, 0.717) is 28.8 Å². The Hall–Kier alpha value is -1.14. The number of rotatable bonds is 6. The molecular weight excluding hydrogens is 258 g/mol. The summed E-state index contributed by atoms with van der Waals surface area (Å²) in [5.74, 6) is -2.87. The molecule has 1 aromatic rings. The highest BCUT2D eigenvalue weighted by atomic mass is 32.2. The van der Waals surface area contributed by atoms with Crippen LogP contribution in [0.5, 0.6) is 0 Å². The summed E-state index contributed by atoms with van der Waals surface area (Å²) in [6.07, 6.45) is 1.36. The zero-order valence-corrected chi connectivity index (χ0v) is 10.8. The first-order valence-corrected chi connectivity index (χ1v) is 6.52. The molecule has 0 spiro atoms. The summed E-state index contributed by atoms with van der Waals surface area (Å²) in [5.41, 5.74) is 6.03. The summed E-state index contributed by atoms with van der Waals surface area (Å²) in [6.45, 7) is 1.92. The number of amides is 1. The van der Waals surface area contributed by atoms with E-state index in [2.05, 4.69) is 5.32 Å². The van der Waals surface area contributed by atoms with Gasteiger partial charge in [-0.1, -0.05) is 37.2 Å². The minimum Gasteiger partial charge on any atom is -0.324 e. The average Bonchev–Trinajstić information content (AvgIpc) is 2.31. The Labute approximate surface area is 109 Å². The number of hydrogen-bond acceptors (Lipinski definition) is 3. The van der Waals surface area contributed by atoms with Gasteiger partial charge in [0.15, 0.2) is 0 Å². The fourth-order valence-corrected chi connectivity index (χ4v) is 2.03. The van der Waals surface area contributed by atoms with Crippen molar-refractivity contribution in [3.63, 3.8) is 0 Å². The van der Waals surface area contributed by atoms with E-state index in [1.807, 2.05) is 6.92 Å². The second kappa shape index (κ2) is 7.33. The van der Waals surface area contributed by atoms with Crippen molar-refractivity contribution < 1.29 is 13.6 Å². The van der Waals surface area contributed by atoms with Gasteiger partial charge < -0.3 is 11.1 Å². The molecule has 1 rings (SSSR count). The molecule has 1 aromatic carbocycles. The van der Waals surface area contributed by atoms with Crippen LogP contribution in [0.4, 0.5) is 14.5 Å². The van der Waals surface area contributed by atoms with Gasteiger partial charge in [-0.3, -0.25) is 4.79 Å². The van der Waals surface area contributed by atoms with Gasteiger partial charge in [0.2, 0.25) is 5.91 Å². The molecule has 0 aliphatic rings. The molecule has 0 radical (unpaired) electrons. The van der Waals surface area contributed by atoms with Crippen molar-refractivity contribution in [2.45, 2.75) is 36.5 Å². The van der Waals surface area contributed by atoms with E-state index in [-0.39, 0.29) is 5.91 Å². The minimum absolute atomic E-state index is 0.338. The number of thioether (sulfide) groups is 1. The van der Waals surface area contributed by atoms with Crippen LogP contribution in [0, 0.1) is 0 Å². The highest BCUT2D eigenvalue weighted by molar-refractivity contribution is 7.99. The number of benzene rings is 1. The molecule has 0 aromatic heterocycles. The Morgan fingerprint density at radius 3 is 2.72 bits per heavy atom. The summed E-state index contributed by atoms with van der Waals surface area (Å²) >= 11 is 0.403. The maximum absolute atomic E-state index is 12.3. The summed E-state index contributed by atoms with van der Waals surface area (Å²) in [4.78, 5) is 12.0. The van der Waals surface area contributed by atoms with Gasteiger partial charge in [-0.25, -0.2) is 0 Å². The quantitative estimate of drug-likeness (QED) is 0.784. The molecular formula is C12H16F2N2OS. The average molecular weight is 274 g/mol. The Bertz CT molecular complexity index is 401. The molecule has 3 N–H and O–H groups in total. The van der Waals surface area contributed by atoms with Gasteiger partial charge in [-0.05, 0) is 18.6 Å². The molecule has 100 valence electrons. The maximum atomic E-state index is 12.3. The molecule has 1 atom stereocenters. The second-order valence-electron chi connectivity index (χ2n) is 3.76. The van der Waals surface area contributed by atoms with Crippen LogP contribution in [-0.2, 0) is 4.79 Å². The SMILES string of the molecule is CCC[C@@H](N)C(=O)Nc1ccccc1SC(F)F. The number of halogens is 2. The van der Waals surface area contributed by atoms with Gasteiger partial charge in [0.25, 0.3) is 5.76 Å². The summed E-state index contributed by atoms with van der Waals surface area (Å²) in [6, 6.07) is 5.83. The zero-order valence-electron chi connectivity index (χ0n) is 10.0. The fourth-order valence-electron chi connectivity index (χ4n) is 1.44. The van der Waals surface area contributed by atoms with Gasteiger partial charge in [0.05, 0.1) is 11.7 Å². The third kappa shape index (κ3) is 4.62. The number of alkyl halides is 2. The molecule has 0 saturated carbocycles. The molecule has 3 nitrogen and oxygen atoms in total. The third-order valence-electron chi connectivity index (χ3n) is 2.30. The van der Waals surface area contributed by atoms with Crippen LogP contribution in [-0.4, -0.2) is 17.7 Å². The number of nitrogens with one attached hydrogen (secondary N) is 1. The normalized spacial score (nSPS) is 12.5. The molecule has 18 heavy (non-hydrogen) atoms. The largest absolute Gasteiger partial charge is 0.324 e. The monoisotopic (exact) mass is 274 g/mol. The van der Waals surface area contributed by atoms with E-state index in [1.165, 1.54) is 6.07 Å². The van der Waals surface area contributed by atoms with Crippen molar-refractivity contribution in [3.05, 3.63) is 24.3 Å². The lowest BCUT2D eigenvalue weighted by atomic mass is 10.1. The van der Waals surface area contributed by atoms with E-state index in [4.69, 9.17) is 5.73 Å². The molecule has 0 heterocycles. The predicted octanol–water partition coefficient (Wildman–Crippen LogP) is 3.07. The molecule has 0 aliphatic heterocycles. The lowest BCUT2D eigenvalue weighted by Gasteiger charge is -2.13. The number of hydrogen-bond donors (Lipinski definition) is 2. The van der Waals surface area contributed by atoms with Gasteiger partial charge in [-0.15, -0.1) is 0 Å². The first-order chi connectivity index (χ1) is 8.54. The first-order valence-electron chi connectivity index (χ1n) is 5.65. The highest BCUT2D eigenvalue weighted by Crippen LogP contribution is 2.31. The third-order valence-corrected chi connectivity index (χ3v) is 3.09. The van der Waals surface area contributed by atoms with Crippen LogP contribution in [0.2, 0.25) is 0 Å². The van der Waals surface area contributed by atoms with Crippen molar-refractivity contribution in [2.24, 2.45) is 5.73 Å². The van der Waals surface area contributed by atoms with Crippen molar-refractivity contribution in [2.75, 3.05) is 5.32 Å². The molecule has 1 amide bonds. The van der Waals surface area contributed by atoms with Gasteiger partial charge in [0.1, 0.15) is 0 Å². The molecule has 6 heteroatoms. The lowest BCUT2D eigenvalue weighted by Crippen LogP contribution is -2.35. The van der Waals surface area contributed by atoms with E-state index in [9.17, 15) is 13.6 Å². The Kier molecular flexibility index (Phi) is 6.07. The van der Waals surface area contributed by atoms with Gasteiger partial charge >= 0.3 is 0 Å². The highest BCUT2D eigenvalue weighted by Gasteiger charge is 2.15. The van der Waals surface area contributed by atoms with E-state index >= 15 is 0 Å². The number of nitrogens with two attached hydrogens (primary N) is 1. The Morgan fingerprint density at radius 1 is 1.44 bits per heavy atom. The van der Waals surface area contributed by atoms with Crippen molar-refractivity contribution >= 4 is 23.4 Å². The van der Waals surface area contributed by atoms with E-state index < -0.39 is 11.8 Å². The van der Waals surface area contributed by atoms with E-state index in [0.717, 1.165) is 6.42 Å². The Morgan fingerprint density at radius 2 is 2.11 bits per heavy atom. The topological polar surface area (TPSA) is 55.1 Å². The van der Waals surface area contributed by atoms with Crippen LogP contribution < -0.4 is 11.1 Å². The molecule has 0 bridgehead atoms. The van der Waals surface area contributed by atoms with Crippen LogP contribution in [0.25, 0.3) is 0 Å². The lowest BCUT2D eigenvalue weighted by molar-refractivity contribution is -0.117. The van der Waals surface area contributed by atoms with Crippen LogP contribution >= 0.6 is 11.8 Å². The predicted molar refractivity (Wildman–Crippen MR) is 69.8 cm³/mol. The molecule has 0 unspecified atom stereocenters. The first kappa shape index (κ1) is 14.9. The van der Waals surface area contributed by atoms with Crippen molar-refractivity contribution in [1.82, 2.24) is 0 Å². The molecule has 0 saturated heterocycles. The molecule has 0 aliphatic carbocycles. The standard InChI is InChI=1S/C12H16F2N2OS/c1-2-5-8(15)11(17)16-9-6-3-4-7-10(9)18-12(13)14/h3-4,6-8,12H,2,5,15H2,1H3,(H,16,17)/t8-/m1/s1. The zero-order chi connectivity index (χ0) is 13.5. The summed E-state index contributed by atoms with van der Waals surface area (Å²) < 4.78 is 24.7. The smallest absolute Gasteiger partial charge is 0.288 e. The van der Waals surface area contributed by atoms with Crippen LogP contribution in [0.15, 0.2) is 29.2 Å². The van der Waals surface area contributed by atoms with Gasteiger partial charge in [0, 0.05) is 4.90 Å². The number of anilines is 1. The fraction of sp³-hybridized carbons (Fsp3) is 0.417. The Balaban J connectivity index is 2.74. The van der Waals surface area contributed by atoms with Crippen LogP contribution in [0.1, 0.15) is 19.8 Å². The summed E-state index contributed by atoms with van der Waals surface area (Å²) in [7, 11) is 0. The van der Waals surface area contributed by atoms with Crippen molar-refractivity contribution in [3.8, 4) is 0 Å². The van der Waals surface area contributed by atoms with Crippen LogP contribution in [0.3, 0.4) is 0 Å². The minimum atomic E-state index is -2.52. The second-order valence-corrected chi connectivity index (χ2v) is 4.79. The van der Waals surface area contributed by atoms with Gasteiger partial charge in [-0.2, -0.15) is 8.78 Å².